The van der Waals surface area contributed by atoms with E-state index in [4.69, 9.17) is 0 Å². The zero-order chi connectivity index (χ0) is 20.9. The highest BCUT2D eigenvalue weighted by atomic mass is 32.2. The van der Waals surface area contributed by atoms with E-state index in [1.165, 1.54) is 24.3 Å². The summed E-state index contributed by atoms with van der Waals surface area (Å²) in [6.07, 6.45) is -4.79. The van der Waals surface area contributed by atoms with Gasteiger partial charge in [0.25, 0.3) is 0 Å². The third-order valence-electron chi connectivity index (χ3n) is 3.76. The summed E-state index contributed by atoms with van der Waals surface area (Å²) in [4.78, 5) is 11.0. The lowest BCUT2D eigenvalue weighted by molar-refractivity contribution is -0.140. The molecule has 0 aliphatic rings. The van der Waals surface area contributed by atoms with Crippen LogP contribution in [0.3, 0.4) is 0 Å². The monoisotopic (exact) mass is 412 g/mol. The molecule has 0 aliphatic heterocycles. The van der Waals surface area contributed by atoms with Crippen LogP contribution < -0.4 is 5.32 Å². The number of carbonyl (C=O) groups is 1. The van der Waals surface area contributed by atoms with Gasteiger partial charge in [0.2, 0.25) is 0 Å². The molecule has 6 nitrogen and oxygen atoms in total. The summed E-state index contributed by atoms with van der Waals surface area (Å²) in [5.74, 6) is -1.15. The molecular weight excluding hydrogens is 397 g/mol. The van der Waals surface area contributed by atoms with Gasteiger partial charge in [-0.25, -0.2) is 8.42 Å². The fourth-order valence-electron chi connectivity index (χ4n) is 2.25. The number of nitriles is 1. The molecule has 0 atom stereocenters. The normalized spacial score (nSPS) is 11.5. The van der Waals surface area contributed by atoms with Gasteiger partial charge < -0.3 is 10.1 Å². The molecule has 28 heavy (non-hydrogen) atoms. The number of ether oxygens (including phenoxy) is 1. The Morgan fingerprint density at radius 3 is 2.36 bits per heavy atom. The maximum atomic E-state index is 12.6. The fraction of sp³-hybridized carbons (Fsp3) is 0.222. The number of benzene rings is 2. The second kappa shape index (κ2) is 8.31. The van der Waals surface area contributed by atoms with Gasteiger partial charge in [0.15, 0.2) is 9.84 Å². The number of halogens is 3. The molecule has 0 fully saturated rings. The second-order valence-electron chi connectivity index (χ2n) is 5.66. The number of sulfone groups is 1. The number of anilines is 2. The second-order valence-corrected chi connectivity index (χ2v) is 7.77. The molecule has 2 rings (SSSR count). The molecule has 10 heteroatoms. The van der Waals surface area contributed by atoms with Gasteiger partial charge in [-0.1, -0.05) is 0 Å². The van der Waals surface area contributed by atoms with E-state index in [0.717, 1.165) is 25.3 Å². The van der Waals surface area contributed by atoms with E-state index in [9.17, 15) is 31.6 Å². The molecule has 0 bridgehead atoms. The maximum Gasteiger partial charge on any atom is 0.416 e. The molecule has 148 valence electrons. The van der Waals surface area contributed by atoms with Gasteiger partial charge >= 0.3 is 12.1 Å². The Morgan fingerprint density at radius 1 is 1.18 bits per heavy atom. The van der Waals surface area contributed by atoms with E-state index in [-0.39, 0.29) is 22.6 Å². The quantitative estimate of drug-likeness (QED) is 0.728. The number of carbonyl (C=O) groups excluding carboxylic acids is 1. The molecule has 0 radical (unpaired) electrons. The third-order valence-corrected chi connectivity index (χ3v) is 5.48. The highest BCUT2D eigenvalue weighted by Crippen LogP contribution is 2.31. The number of rotatable bonds is 6. The van der Waals surface area contributed by atoms with Crippen molar-refractivity contribution >= 4 is 27.2 Å². The third kappa shape index (κ3) is 5.23. The van der Waals surface area contributed by atoms with E-state index < -0.39 is 33.3 Å². The molecule has 2 aromatic rings. The first-order chi connectivity index (χ1) is 13.1. The topological polar surface area (TPSA) is 96.3 Å². The molecule has 0 amide bonds. The highest BCUT2D eigenvalue weighted by molar-refractivity contribution is 7.91. The van der Waals surface area contributed by atoms with E-state index >= 15 is 0 Å². The lowest BCUT2D eigenvalue weighted by atomic mass is 10.1. The summed E-state index contributed by atoms with van der Waals surface area (Å²) >= 11 is 0. The number of hydrogen-bond donors (Lipinski definition) is 1. The molecule has 0 saturated carbocycles. The van der Waals surface area contributed by atoms with E-state index in [1.807, 2.05) is 6.07 Å². The number of methoxy groups -OCH3 is 1. The molecule has 0 aliphatic carbocycles. The summed E-state index contributed by atoms with van der Waals surface area (Å²) in [6.45, 7) is 0. The van der Waals surface area contributed by atoms with Gasteiger partial charge in [0.05, 0.1) is 41.0 Å². The molecule has 0 aromatic heterocycles. The molecule has 0 saturated heterocycles. The predicted molar refractivity (Wildman–Crippen MR) is 94.6 cm³/mol. The first kappa shape index (κ1) is 21.2. The smallest absolute Gasteiger partial charge is 0.416 e. The average molecular weight is 412 g/mol. The van der Waals surface area contributed by atoms with Crippen molar-refractivity contribution in [2.24, 2.45) is 0 Å². The van der Waals surface area contributed by atoms with Gasteiger partial charge in [-0.2, -0.15) is 18.4 Å². The Bertz CT molecular complexity index is 1010. The standard InChI is InChI=1S/C18H15F3N2O4S/c1-27-17(24)8-9-28(25,26)15-6-7-16(12(10-15)11-22)23-14-4-2-13(3-5-14)18(19,20)21/h2-7,10,23H,8-9H2,1H3. The summed E-state index contributed by atoms with van der Waals surface area (Å²) in [5, 5.41) is 12.1. The summed E-state index contributed by atoms with van der Waals surface area (Å²) < 4.78 is 66.8. The number of hydrogen-bond acceptors (Lipinski definition) is 6. The van der Waals surface area contributed by atoms with Gasteiger partial charge in [-0.15, -0.1) is 0 Å². The van der Waals surface area contributed by atoms with Crippen LogP contribution in [0.15, 0.2) is 47.4 Å². The minimum atomic E-state index is -4.46. The van der Waals surface area contributed by atoms with Crippen LogP contribution in [0.1, 0.15) is 17.5 Å². The van der Waals surface area contributed by atoms with Crippen molar-refractivity contribution in [3.8, 4) is 6.07 Å². The minimum Gasteiger partial charge on any atom is -0.469 e. The van der Waals surface area contributed by atoms with Crippen molar-refractivity contribution in [3.05, 3.63) is 53.6 Å². The molecule has 0 heterocycles. The number of esters is 1. The Morgan fingerprint density at radius 2 is 1.82 bits per heavy atom. The number of nitrogens with zero attached hydrogens (tertiary/aromatic N) is 1. The maximum absolute atomic E-state index is 12.6. The van der Waals surface area contributed by atoms with Crippen molar-refractivity contribution in [3.63, 3.8) is 0 Å². The number of alkyl halides is 3. The van der Waals surface area contributed by atoms with Gasteiger partial charge in [-0.05, 0) is 42.5 Å². The lowest BCUT2D eigenvalue weighted by Crippen LogP contribution is -2.12. The van der Waals surface area contributed by atoms with E-state index in [0.29, 0.717) is 5.69 Å². The van der Waals surface area contributed by atoms with Crippen LogP contribution in [0.25, 0.3) is 0 Å². The molecule has 1 N–H and O–H groups in total. The van der Waals surface area contributed by atoms with Crippen LogP contribution in [0, 0.1) is 11.3 Å². The summed E-state index contributed by atoms with van der Waals surface area (Å²) in [7, 11) is -2.67. The van der Waals surface area contributed by atoms with E-state index in [1.54, 1.807) is 0 Å². The van der Waals surface area contributed by atoms with E-state index in [2.05, 4.69) is 10.1 Å². The minimum absolute atomic E-state index is 0.0148. The predicted octanol–water partition coefficient (Wildman–Crippen LogP) is 3.66. The van der Waals surface area contributed by atoms with Crippen LogP contribution in [0.5, 0.6) is 0 Å². The van der Waals surface area contributed by atoms with Crippen LogP contribution in [0.4, 0.5) is 24.5 Å². The zero-order valence-corrected chi connectivity index (χ0v) is 15.4. The SMILES string of the molecule is COC(=O)CCS(=O)(=O)c1ccc(Nc2ccc(C(F)(F)F)cc2)c(C#N)c1. The Labute approximate surface area is 159 Å². The summed E-state index contributed by atoms with van der Waals surface area (Å²) in [5.41, 5.74) is -0.301. The van der Waals surface area contributed by atoms with Crippen molar-refractivity contribution < 1.29 is 31.1 Å². The van der Waals surface area contributed by atoms with Crippen molar-refractivity contribution in [1.29, 1.82) is 5.26 Å². The average Bonchev–Trinajstić information content (AvgIpc) is 2.66. The van der Waals surface area contributed by atoms with Gasteiger partial charge in [0.1, 0.15) is 6.07 Å². The Hall–Kier alpha value is -3.06. The Balaban J connectivity index is 2.24. The van der Waals surface area contributed by atoms with Gasteiger partial charge in [-0.3, -0.25) is 4.79 Å². The van der Waals surface area contributed by atoms with Crippen LogP contribution in [0.2, 0.25) is 0 Å². The van der Waals surface area contributed by atoms with Crippen molar-refractivity contribution in [1.82, 2.24) is 0 Å². The molecule has 0 unspecified atom stereocenters. The van der Waals surface area contributed by atoms with Crippen molar-refractivity contribution in [2.45, 2.75) is 17.5 Å². The largest absolute Gasteiger partial charge is 0.469 e. The summed E-state index contributed by atoms with van der Waals surface area (Å²) in [6, 6.07) is 9.74. The Kier molecular flexibility index (Phi) is 6.30. The van der Waals surface area contributed by atoms with Crippen molar-refractivity contribution in [2.75, 3.05) is 18.2 Å². The molecule has 0 spiro atoms. The number of nitrogens with one attached hydrogen (secondary N) is 1. The van der Waals surface area contributed by atoms with Crippen LogP contribution >= 0.6 is 0 Å². The van der Waals surface area contributed by atoms with Crippen LogP contribution in [-0.4, -0.2) is 27.2 Å². The van der Waals surface area contributed by atoms with Crippen LogP contribution in [-0.2, 0) is 25.5 Å². The highest BCUT2D eigenvalue weighted by Gasteiger charge is 2.30. The lowest BCUT2D eigenvalue weighted by Gasteiger charge is -2.12. The van der Waals surface area contributed by atoms with Gasteiger partial charge in [0, 0.05) is 5.69 Å². The first-order valence-electron chi connectivity index (χ1n) is 7.85. The molecule has 2 aromatic carbocycles. The zero-order valence-electron chi connectivity index (χ0n) is 14.6. The fourth-order valence-corrected chi connectivity index (χ4v) is 3.50. The molecular formula is C18H15F3N2O4S. The first-order valence-corrected chi connectivity index (χ1v) is 9.50.